The van der Waals surface area contributed by atoms with Crippen LogP contribution >= 0.6 is 23.2 Å². The highest BCUT2D eigenvalue weighted by molar-refractivity contribution is 6.58. The molecule has 11 heteroatoms. The zero-order chi connectivity index (χ0) is 34.2. The first-order chi connectivity index (χ1) is 23.5. The molecule has 8 rings (SSSR count). The molecule has 5 aliphatic rings. The summed E-state index contributed by atoms with van der Waals surface area (Å²) >= 11 is 14.8. The van der Waals surface area contributed by atoms with E-state index in [1.165, 1.54) is 34.7 Å². The molecule has 4 amide bonds. The molecule has 1 saturated carbocycles. The number of hydrogen-bond acceptors (Lipinski definition) is 6. The van der Waals surface area contributed by atoms with E-state index in [1.807, 2.05) is 24.3 Å². The van der Waals surface area contributed by atoms with Crippen molar-refractivity contribution in [2.45, 2.75) is 53.9 Å². The largest absolute Gasteiger partial charge is 0.508 e. The maximum atomic E-state index is 14.5. The van der Waals surface area contributed by atoms with Gasteiger partial charge in [0, 0.05) is 31.6 Å². The Morgan fingerprint density at radius 3 is 2.24 bits per heavy atom. The summed E-state index contributed by atoms with van der Waals surface area (Å²) in [7, 11) is 0. The highest BCUT2D eigenvalue weighted by Crippen LogP contribution is 2.66. The number of nitrogens with zero attached hydrogens (tertiary/aromatic N) is 3. The van der Waals surface area contributed by atoms with Crippen LogP contribution in [-0.2, 0) is 25.7 Å². The maximum Gasteiger partial charge on any atom is 0.258 e. The van der Waals surface area contributed by atoms with Crippen molar-refractivity contribution in [1.29, 1.82) is 0 Å². The van der Waals surface area contributed by atoms with Gasteiger partial charge in [0.15, 0.2) is 9.75 Å². The lowest BCUT2D eigenvalue weighted by molar-refractivity contribution is -0.144. The molecule has 0 spiro atoms. The number of hydrogen-bond donors (Lipinski definition) is 1. The Kier molecular flexibility index (Phi) is 7.74. The predicted octanol–water partition coefficient (Wildman–Crippen LogP) is 5.76. The summed E-state index contributed by atoms with van der Waals surface area (Å²) in [5.74, 6) is -5.73. The van der Waals surface area contributed by atoms with Gasteiger partial charge in [-0.2, -0.15) is 0 Å². The first kappa shape index (κ1) is 32.2. The number of rotatable bonds is 5. The highest BCUT2D eigenvalue weighted by atomic mass is 35.5. The first-order valence-corrected chi connectivity index (χ1v) is 17.4. The van der Waals surface area contributed by atoms with Crippen molar-refractivity contribution < 1.29 is 28.7 Å². The van der Waals surface area contributed by atoms with Gasteiger partial charge < -0.3 is 5.11 Å². The molecule has 2 aliphatic carbocycles. The minimum atomic E-state index is -2.04. The van der Waals surface area contributed by atoms with Gasteiger partial charge in [0.1, 0.15) is 11.6 Å². The lowest BCUT2D eigenvalue weighted by Crippen LogP contribution is -2.60. The molecule has 0 bridgehead atoms. The van der Waals surface area contributed by atoms with Crippen LogP contribution < -0.4 is 4.90 Å². The highest BCUT2D eigenvalue weighted by Gasteiger charge is 2.76. The second-order valence-electron chi connectivity index (χ2n) is 13.9. The number of phenols is 1. The summed E-state index contributed by atoms with van der Waals surface area (Å²) in [4.78, 5) is 57.9. The zero-order valence-corrected chi connectivity index (χ0v) is 28.0. The standard InChI is InChI=1S/C38H34Cl2FN3O5/c39-37-20-30-28(13-14-29-31(30)34(47)43(33(29)46)26-15-17-42(18-16-26)21-22-5-2-1-3-6-22)32(23-7-4-8-27(45)19-23)38(37,40)36(49)44(35(37)48)25-11-9-24(41)10-12-25/h1-13,19,26,29-32,45H,14-18,20-21H2. The van der Waals surface area contributed by atoms with Crippen molar-refractivity contribution >= 4 is 52.5 Å². The Bertz CT molecular complexity index is 1900. The van der Waals surface area contributed by atoms with Gasteiger partial charge in [-0.3, -0.25) is 29.0 Å². The van der Waals surface area contributed by atoms with Crippen LogP contribution in [0.25, 0.3) is 0 Å². The summed E-state index contributed by atoms with van der Waals surface area (Å²) in [6, 6.07) is 21.1. The predicted molar refractivity (Wildman–Crippen MR) is 181 cm³/mol. The minimum absolute atomic E-state index is 0.0709. The fourth-order valence-electron chi connectivity index (χ4n) is 9.04. The van der Waals surface area contributed by atoms with Crippen molar-refractivity contribution in [2.24, 2.45) is 17.8 Å². The van der Waals surface area contributed by atoms with Crippen molar-refractivity contribution in [3.8, 4) is 5.75 Å². The third-order valence-electron chi connectivity index (χ3n) is 11.3. The Labute approximate surface area is 293 Å². The summed E-state index contributed by atoms with van der Waals surface area (Å²) < 4.78 is 13.9. The molecule has 3 aliphatic heterocycles. The van der Waals surface area contributed by atoms with Gasteiger partial charge in [0.05, 0.1) is 17.5 Å². The topological polar surface area (TPSA) is 98.2 Å². The summed E-state index contributed by atoms with van der Waals surface area (Å²) in [5, 5.41) is 10.5. The van der Waals surface area contributed by atoms with Crippen LogP contribution in [0.2, 0.25) is 0 Å². The second kappa shape index (κ2) is 11.8. The molecule has 1 N–H and O–H groups in total. The number of phenolic OH excluding ortho intramolecular Hbond substituents is 1. The fraction of sp³-hybridized carbons (Fsp3) is 0.368. The number of likely N-dealkylation sites (tertiary alicyclic amines) is 2. The first-order valence-electron chi connectivity index (χ1n) is 16.7. The third kappa shape index (κ3) is 4.80. The Balaban J connectivity index is 1.14. The third-order valence-corrected chi connectivity index (χ3v) is 12.7. The molecule has 49 heavy (non-hydrogen) atoms. The molecular formula is C38H34Cl2FN3O5. The van der Waals surface area contributed by atoms with Gasteiger partial charge in [-0.25, -0.2) is 9.29 Å². The number of amides is 4. The smallest absolute Gasteiger partial charge is 0.258 e. The molecule has 252 valence electrons. The Morgan fingerprint density at radius 2 is 1.55 bits per heavy atom. The summed E-state index contributed by atoms with van der Waals surface area (Å²) in [6.07, 6.45) is 3.32. The van der Waals surface area contributed by atoms with E-state index in [9.17, 15) is 28.7 Å². The SMILES string of the molecule is O=C1C2CC=C3C(CC4(Cl)C(=O)N(c5ccc(F)cc5)C(=O)C4(Cl)C3c3cccc(O)c3)C2C(=O)N1C1CCN(Cc2ccccc2)CC1. The normalized spacial score (nSPS) is 31.9. The number of piperidine rings is 1. The minimum Gasteiger partial charge on any atom is -0.508 e. The van der Waals surface area contributed by atoms with Crippen molar-refractivity contribution in [3.05, 3.63) is 107 Å². The van der Waals surface area contributed by atoms with Gasteiger partial charge in [-0.1, -0.05) is 54.1 Å². The number of halogens is 3. The van der Waals surface area contributed by atoms with E-state index in [0.29, 0.717) is 24.0 Å². The number of alkyl halides is 2. The van der Waals surface area contributed by atoms with Crippen LogP contribution in [0.5, 0.6) is 5.75 Å². The number of imide groups is 2. The molecule has 8 nitrogen and oxygen atoms in total. The van der Waals surface area contributed by atoms with Gasteiger partial charge in [0.2, 0.25) is 11.8 Å². The van der Waals surface area contributed by atoms with E-state index < -0.39 is 51.1 Å². The lowest BCUT2D eigenvalue weighted by Gasteiger charge is -2.50. The molecular weight excluding hydrogens is 668 g/mol. The van der Waals surface area contributed by atoms with Crippen molar-refractivity contribution in [1.82, 2.24) is 9.80 Å². The van der Waals surface area contributed by atoms with Crippen LogP contribution in [0.3, 0.4) is 0 Å². The molecule has 3 heterocycles. The van der Waals surface area contributed by atoms with Crippen LogP contribution in [-0.4, -0.2) is 67.4 Å². The van der Waals surface area contributed by atoms with E-state index in [4.69, 9.17) is 23.2 Å². The summed E-state index contributed by atoms with van der Waals surface area (Å²) in [6.45, 7) is 2.29. The van der Waals surface area contributed by atoms with E-state index in [0.717, 1.165) is 36.7 Å². The van der Waals surface area contributed by atoms with Gasteiger partial charge in [0.25, 0.3) is 11.8 Å². The zero-order valence-electron chi connectivity index (χ0n) is 26.5. The number of fused-ring (bicyclic) bond motifs is 4. The van der Waals surface area contributed by atoms with Crippen LogP contribution in [0, 0.1) is 23.6 Å². The second-order valence-corrected chi connectivity index (χ2v) is 15.1. The van der Waals surface area contributed by atoms with Crippen LogP contribution in [0.4, 0.5) is 10.1 Å². The quantitative estimate of drug-likeness (QED) is 0.207. The molecule has 6 unspecified atom stereocenters. The van der Waals surface area contributed by atoms with Crippen LogP contribution in [0.1, 0.15) is 42.7 Å². The molecule has 3 aromatic carbocycles. The number of allylic oxidation sites excluding steroid dienone is 2. The molecule has 0 aromatic heterocycles. The number of benzene rings is 3. The molecule has 3 aromatic rings. The molecule has 0 radical (unpaired) electrons. The van der Waals surface area contributed by atoms with Gasteiger partial charge in [-0.05, 0) is 79.1 Å². The molecule has 4 fully saturated rings. The fourth-order valence-corrected chi connectivity index (χ4v) is 9.97. The maximum absolute atomic E-state index is 14.5. The number of carbonyl (C=O) groups is 4. The summed E-state index contributed by atoms with van der Waals surface area (Å²) in [5.41, 5.74) is 2.44. The molecule has 3 saturated heterocycles. The van der Waals surface area contributed by atoms with E-state index in [2.05, 4.69) is 17.0 Å². The average molecular weight is 703 g/mol. The lowest BCUT2D eigenvalue weighted by atomic mass is 9.56. The number of carbonyl (C=O) groups excluding carboxylic acids is 4. The van der Waals surface area contributed by atoms with E-state index in [-0.39, 0.29) is 42.1 Å². The van der Waals surface area contributed by atoms with Gasteiger partial charge in [-0.15, -0.1) is 23.2 Å². The Hall–Kier alpha value is -4.05. The molecule has 6 atom stereocenters. The van der Waals surface area contributed by atoms with Crippen molar-refractivity contribution in [2.75, 3.05) is 18.0 Å². The Morgan fingerprint density at radius 1 is 0.837 bits per heavy atom. The van der Waals surface area contributed by atoms with E-state index in [1.54, 1.807) is 12.1 Å². The van der Waals surface area contributed by atoms with Gasteiger partial charge >= 0.3 is 0 Å². The van der Waals surface area contributed by atoms with Crippen molar-refractivity contribution in [3.63, 3.8) is 0 Å². The van der Waals surface area contributed by atoms with E-state index >= 15 is 0 Å². The average Bonchev–Trinajstić information content (AvgIpc) is 3.43. The van der Waals surface area contributed by atoms with Crippen LogP contribution in [0.15, 0.2) is 90.5 Å². The monoisotopic (exact) mass is 701 g/mol. The number of aromatic hydroxyl groups is 1. The number of anilines is 1.